The van der Waals surface area contributed by atoms with Gasteiger partial charge in [-0.3, -0.25) is 14.4 Å². The Balaban J connectivity index is 2.61. The third kappa shape index (κ3) is 6.25. The van der Waals surface area contributed by atoms with E-state index in [9.17, 15) is 19.5 Å². The molecule has 0 unspecified atom stereocenters. The van der Waals surface area contributed by atoms with Gasteiger partial charge in [-0.15, -0.1) is 0 Å². The molecule has 0 spiro atoms. The monoisotopic (exact) mass is 464 g/mol. The summed E-state index contributed by atoms with van der Waals surface area (Å²) >= 11 is 0. The first kappa shape index (κ1) is 26.6. The number of hydrogen-bond donors (Lipinski definition) is 1. The summed E-state index contributed by atoms with van der Waals surface area (Å²) in [7, 11) is 2.96. The van der Waals surface area contributed by atoms with Crippen LogP contribution < -0.4 is 9.47 Å². The summed E-state index contributed by atoms with van der Waals surface area (Å²) < 4.78 is 21.6. The molecule has 1 aliphatic rings. The van der Waals surface area contributed by atoms with Crippen molar-refractivity contribution in [2.45, 2.75) is 52.6 Å². The average molecular weight is 465 g/mol. The molecule has 0 saturated heterocycles. The van der Waals surface area contributed by atoms with Crippen molar-refractivity contribution in [3.05, 3.63) is 23.8 Å². The Bertz CT molecular complexity index is 858. The standard InChI is InChI=1S/C25H36O8/c1-14(2)12-32-23(27)21-17(26)11-25(5,29)22(24(28)33-13-15(3)4)20(21)16-8-9-18(30-6)19(10-16)31-7/h8-10,14-15,20-22,29H,11-13H2,1-7H3/t20-,21+,22-,25+/m0/s1. The van der Waals surface area contributed by atoms with Crippen molar-refractivity contribution >= 4 is 17.7 Å². The first-order valence-corrected chi connectivity index (χ1v) is 11.2. The molecule has 33 heavy (non-hydrogen) atoms. The van der Waals surface area contributed by atoms with Crippen LogP contribution in [0.1, 0.15) is 52.5 Å². The van der Waals surface area contributed by atoms with Crippen molar-refractivity contribution in [1.29, 1.82) is 0 Å². The summed E-state index contributed by atoms with van der Waals surface area (Å²) in [6, 6.07) is 4.91. The van der Waals surface area contributed by atoms with E-state index in [1.54, 1.807) is 18.2 Å². The van der Waals surface area contributed by atoms with Crippen LogP contribution in [0.2, 0.25) is 0 Å². The summed E-state index contributed by atoms with van der Waals surface area (Å²) in [5.41, 5.74) is -1.24. The molecule has 1 N–H and O–H groups in total. The third-order valence-corrected chi connectivity index (χ3v) is 5.69. The zero-order valence-electron chi connectivity index (χ0n) is 20.5. The van der Waals surface area contributed by atoms with E-state index in [1.165, 1.54) is 21.1 Å². The Kier molecular flexibility index (Phi) is 8.89. The molecule has 0 bridgehead atoms. The Morgan fingerprint density at radius 3 is 2.06 bits per heavy atom. The van der Waals surface area contributed by atoms with E-state index in [0.717, 1.165) is 0 Å². The fourth-order valence-corrected chi connectivity index (χ4v) is 4.15. The number of aliphatic hydroxyl groups is 1. The van der Waals surface area contributed by atoms with Crippen LogP contribution in [0.15, 0.2) is 18.2 Å². The first-order chi connectivity index (χ1) is 15.4. The number of carbonyl (C=O) groups is 3. The van der Waals surface area contributed by atoms with E-state index in [2.05, 4.69) is 0 Å². The number of ketones is 1. The lowest BCUT2D eigenvalue weighted by Crippen LogP contribution is -2.55. The Labute approximate surface area is 195 Å². The molecule has 4 atom stereocenters. The van der Waals surface area contributed by atoms with Crippen LogP contribution in [0.3, 0.4) is 0 Å². The summed E-state index contributed by atoms with van der Waals surface area (Å²) in [5.74, 6) is -4.32. The zero-order chi connectivity index (χ0) is 24.9. The first-order valence-electron chi connectivity index (χ1n) is 11.2. The average Bonchev–Trinajstić information content (AvgIpc) is 2.74. The molecular formula is C25H36O8. The lowest BCUT2D eigenvalue weighted by atomic mass is 9.61. The largest absolute Gasteiger partial charge is 0.493 e. The van der Waals surface area contributed by atoms with Crippen LogP contribution in [0, 0.1) is 23.7 Å². The van der Waals surface area contributed by atoms with E-state index in [-0.39, 0.29) is 31.5 Å². The molecule has 1 fully saturated rings. The maximum absolute atomic E-state index is 13.2. The van der Waals surface area contributed by atoms with E-state index in [0.29, 0.717) is 17.1 Å². The second-order valence-corrected chi connectivity index (χ2v) is 9.64. The van der Waals surface area contributed by atoms with Gasteiger partial charge in [-0.05, 0) is 36.5 Å². The van der Waals surface area contributed by atoms with E-state index in [4.69, 9.17) is 18.9 Å². The fourth-order valence-electron chi connectivity index (χ4n) is 4.15. The van der Waals surface area contributed by atoms with Gasteiger partial charge in [-0.1, -0.05) is 33.8 Å². The predicted molar refractivity (Wildman–Crippen MR) is 121 cm³/mol. The fraction of sp³-hybridized carbons (Fsp3) is 0.640. The SMILES string of the molecule is COc1ccc([C@H]2[C@H](C(=O)OCC(C)C)C(=O)C[C@@](C)(O)[C@@H]2C(=O)OCC(C)C)cc1OC. The van der Waals surface area contributed by atoms with Crippen molar-refractivity contribution in [3.8, 4) is 11.5 Å². The molecule has 0 aromatic heterocycles. The topological polar surface area (TPSA) is 108 Å². The second-order valence-electron chi connectivity index (χ2n) is 9.64. The van der Waals surface area contributed by atoms with Gasteiger partial charge in [-0.25, -0.2) is 0 Å². The molecule has 0 aliphatic heterocycles. The van der Waals surface area contributed by atoms with E-state index >= 15 is 0 Å². The maximum Gasteiger partial charge on any atom is 0.317 e. The van der Waals surface area contributed by atoms with Crippen LogP contribution in [0.5, 0.6) is 11.5 Å². The highest BCUT2D eigenvalue weighted by molar-refractivity contribution is 6.02. The zero-order valence-corrected chi connectivity index (χ0v) is 20.5. The lowest BCUT2D eigenvalue weighted by Gasteiger charge is -2.43. The van der Waals surface area contributed by atoms with E-state index < -0.39 is 41.1 Å². The normalized spacial score (nSPS) is 25.2. The molecule has 1 aromatic rings. The summed E-state index contributed by atoms with van der Waals surface area (Å²) in [6.45, 7) is 9.29. The lowest BCUT2D eigenvalue weighted by molar-refractivity contribution is -0.173. The number of ether oxygens (including phenoxy) is 4. The van der Waals surface area contributed by atoms with Crippen LogP contribution in [-0.4, -0.2) is 55.9 Å². The van der Waals surface area contributed by atoms with Gasteiger partial charge in [-0.2, -0.15) is 0 Å². The molecule has 0 heterocycles. The third-order valence-electron chi connectivity index (χ3n) is 5.69. The van der Waals surface area contributed by atoms with Crippen LogP contribution in [0.25, 0.3) is 0 Å². The van der Waals surface area contributed by atoms with Gasteiger partial charge in [0, 0.05) is 12.3 Å². The number of rotatable bonds is 9. The minimum atomic E-state index is -1.71. The predicted octanol–water partition coefficient (Wildman–Crippen LogP) is 3.14. The van der Waals surface area contributed by atoms with Gasteiger partial charge in [0.15, 0.2) is 17.3 Å². The van der Waals surface area contributed by atoms with Gasteiger partial charge < -0.3 is 24.1 Å². The highest BCUT2D eigenvalue weighted by atomic mass is 16.5. The number of methoxy groups -OCH3 is 2. The van der Waals surface area contributed by atoms with Gasteiger partial charge in [0.2, 0.25) is 0 Å². The highest BCUT2D eigenvalue weighted by Gasteiger charge is 2.57. The molecule has 8 heteroatoms. The number of carbonyl (C=O) groups excluding carboxylic acids is 3. The van der Waals surface area contributed by atoms with Crippen molar-refractivity contribution in [1.82, 2.24) is 0 Å². The molecule has 1 aromatic carbocycles. The molecule has 1 aliphatic carbocycles. The molecule has 8 nitrogen and oxygen atoms in total. The van der Waals surface area contributed by atoms with Gasteiger partial charge >= 0.3 is 11.9 Å². The van der Waals surface area contributed by atoms with Crippen molar-refractivity contribution < 1.29 is 38.4 Å². The van der Waals surface area contributed by atoms with Crippen molar-refractivity contribution in [3.63, 3.8) is 0 Å². The Morgan fingerprint density at radius 2 is 1.55 bits per heavy atom. The van der Waals surface area contributed by atoms with E-state index in [1.807, 2.05) is 27.7 Å². The summed E-state index contributed by atoms with van der Waals surface area (Å²) in [6.07, 6.45) is -0.361. The molecule has 0 radical (unpaired) electrons. The minimum absolute atomic E-state index is 0.0714. The molecule has 0 amide bonds. The number of esters is 2. The second kappa shape index (κ2) is 11.0. The number of benzene rings is 1. The molecular weight excluding hydrogens is 428 g/mol. The van der Waals surface area contributed by atoms with Gasteiger partial charge in [0.05, 0.1) is 39.0 Å². The smallest absolute Gasteiger partial charge is 0.317 e. The van der Waals surface area contributed by atoms with Crippen molar-refractivity contribution in [2.24, 2.45) is 23.7 Å². The highest BCUT2D eigenvalue weighted by Crippen LogP contribution is 2.48. The van der Waals surface area contributed by atoms with Crippen molar-refractivity contribution in [2.75, 3.05) is 27.4 Å². The molecule has 2 rings (SSSR count). The van der Waals surface area contributed by atoms with Crippen LogP contribution >= 0.6 is 0 Å². The van der Waals surface area contributed by atoms with Crippen LogP contribution in [0.4, 0.5) is 0 Å². The van der Waals surface area contributed by atoms with Gasteiger partial charge in [0.25, 0.3) is 0 Å². The maximum atomic E-state index is 13.2. The number of Topliss-reactive ketones (excluding diaryl/α,β-unsaturated/α-hetero) is 1. The molecule has 1 saturated carbocycles. The van der Waals surface area contributed by atoms with Gasteiger partial charge in [0.1, 0.15) is 5.92 Å². The Hall–Kier alpha value is -2.61. The summed E-state index contributed by atoms with van der Waals surface area (Å²) in [5, 5.41) is 11.2. The minimum Gasteiger partial charge on any atom is -0.493 e. The molecule has 184 valence electrons. The number of hydrogen-bond acceptors (Lipinski definition) is 8. The quantitative estimate of drug-likeness (QED) is 0.439. The Morgan fingerprint density at radius 1 is 1.00 bits per heavy atom. The van der Waals surface area contributed by atoms with Crippen LogP contribution in [-0.2, 0) is 23.9 Å². The summed E-state index contributed by atoms with van der Waals surface area (Å²) in [4.78, 5) is 39.4.